The smallest absolute Gasteiger partial charge is 0.237 e. The number of likely N-dealkylation sites (N-methyl/N-ethyl adjacent to an activating group) is 1. The highest BCUT2D eigenvalue weighted by atomic mass is 16.5. The summed E-state index contributed by atoms with van der Waals surface area (Å²) in [5.74, 6) is 1.14. The molecule has 0 saturated heterocycles. The van der Waals surface area contributed by atoms with Gasteiger partial charge in [0, 0.05) is 0 Å². The summed E-state index contributed by atoms with van der Waals surface area (Å²) in [5, 5.41) is 2.97. The van der Waals surface area contributed by atoms with Crippen LogP contribution in [0.1, 0.15) is 26.2 Å². The standard InChI is InChI=1S/C15H24N2O3/c1-15(17-2,14(16)18)10-6-7-11-20-13-9-5-4-8-12(13)19-3/h4-5,8-9,17H,6-7,10-11H2,1-3H3,(H2,16,18). The van der Waals surface area contributed by atoms with E-state index in [1.807, 2.05) is 31.2 Å². The largest absolute Gasteiger partial charge is 0.493 e. The number of ether oxygens (including phenoxy) is 2. The zero-order chi connectivity index (χ0) is 15.0. The van der Waals surface area contributed by atoms with Gasteiger partial charge in [0.25, 0.3) is 0 Å². The van der Waals surface area contributed by atoms with Crippen molar-refractivity contribution in [3.63, 3.8) is 0 Å². The molecule has 0 aliphatic carbocycles. The lowest BCUT2D eigenvalue weighted by Crippen LogP contribution is -2.51. The van der Waals surface area contributed by atoms with Crippen molar-refractivity contribution in [2.75, 3.05) is 20.8 Å². The summed E-state index contributed by atoms with van der Waals surface area (Å²) in [4.78, 5) is 11.3. The summed E-state index contributed by atoms with van der Waals surface area (Å²) in [6, 6.07) is 7.54. The first-order chi connectivity index (χ1) is 9.53. The van der Waals surface area contributed by atoms with Gasteiger partial charge in [0.15, 0.2) is 11.5 Å². The molecule has 1 rings (SSSR count). The van der Waals surface area contributed by atoms with E-state index in [0.29, 0.717) is 13.0 Å². The van der Waals surface area contributed by atoms with E-state index in [1.54, 1.807) is 14.2 Å². The Morgan fingerprint density at radius 3 is 2.50 bits per heavy atom. The Bertz CT molecular complexity index is 437. The maximum Gasteiger partial charge on any atom is 0.237 e. The van der Waals surface area contributed by atoms with Gasteiger partial charge in [0.05, 0.1) is 19.3 Å². The Hall–Kier alpha value is -1.75. The van der Waals surface area contributed by atoms with Crippen molar-refractivity contribution in [3.05, 3.63) is 24.3 Å². The first-order valence-electron chi connectivity index (χ1n) is 6.78. The van der Waals surface area contributed by atoms with E-state index < -0.39 is 5.54 Å². The normalized spacial score (nSPS) is 13.6. The Kier molecular flexibility index (Phi) is 6.31. The number of hydrogen-bond donors (Lipinski definition) is 2. The van der Waals surface area contributed by atoms with Crippen molar-refractivity contribution < 1.29 is 14.3 Å². The zero-order valence-corrected chi connectivity index (χ0v) is 12.4. The molecule has 0 fully saturated rings. The lowest BCUT2D eigenvalue weighted by atomic mass is 9.94. The molecule has 0 saturated carbocycles. The van der Waals surface area contributed by atoms with Crippen LogP contribution in [0, 0.1) is 0 Å². The van der Waals surface area contributed by atoms with Crippen molar-refractivity contribution in [1.82, 2.24) is 5.32 Å². The molecule has 5 nitrogen and oxygen atoms in total. The quantitative estimate of drug-likeness (QED) is 0.675. The van der Waals surface area contributed by atoms with Crippen molar-refractivity contribution in [2.45, 2.75) is 31.7 Å². The second-order valence-electron chi connectivity index (χ2n) is 4.90. The predicted molar refractivity (Wildman–Crippen MR) is 79.0 cm³/mol. The van der Waals surface area contributed by atoms with Crippen LogP contribution in [0.4, 0.5) is 0 Å². The van der Waals surface area contributed by atoms with E-state index in [9.17, 15) is 4.79 Å². The number of methoxy groups -OCH3 is 1. The molecular weight excluding hydrogens is 256 g/mol. The van der Waals surface area contributed by atoms with Crippen molar-refractivity contribution in [1.29, 1.82) is 0 Å². The van der Waals surface area contributed by atoms with Crippen molar-refractivity contribution in [2.24, 2.45) is 5.73 Å². The van der Waals surface area contributed by atoms with Gasteiger partial charge >= 0.3 is 0 Å². The van der Waals surface area contributed by atoms with Crippen LogP contribution < -0.4 is 20.5 Å². The van der Waals surface area contributed by atoms with Crippen molar-refractivity contribution in [3.8, 4) is 11.5 Å². The number of benzene rings is 1. The van der Waals surface area contributed by atoms with E-state index in [1.165, 1.54) is 0 Å². The van der Waals surface area contributed by atoms with Crippen molar-refractivity contribution >= 4 is 5.91 Å². The number of unbranched alkanes of at least 4 members (excludes halogenated alkanes) is 1. The SMILES string of the molecule is CNC(C)(CCCCOc1ccccc1OC)C(N)=O. The number of nitrogens with one attached hydrogen (secondary N) is 1. The van der Waals surface area contributed by atoms with Gasteiger partial charge < -0.3 is 20.5 Å². The molecule has 0 aliphatic rings. The lowest BCUT2D eigenvalue weighted by molar-refractivity contribution is -0.123. The number of rotatable bonds is 9. The van der Waals surface area contributed by atoms with E-state index in [2.05, 4.69) is 5.32 Å². The van der Waals surface area contributed by atoms with Crippen LogP contribution in [0.2, 0.25) is 0 Å². The Balaban J connectivity index is 2.34. The third kappa shape index (κ3) is 4.42. The maximum atomic E-state index is 11.3. The fourth-order valence-electron chi connectivity index (χ4n) is 1.87. The minimum absolute atomic E-state index is 0.328. The third-order valence-corrected chi connectivity index (χ3v) is 3.49. The fourth-order valence-corrected chi connectivity index (χ4v) is 1.87. The van der Waals surface area contributed by atoms with Crippen LogP contribution >= 0.6 is 0 Å². The van der Waals surface area contributed by atoms with Gasteiger partial charge in [-0.15, -0.1) is 0 Å². The molecule has 0 radical (unpaired) electrons. The molecule has 3 N–H and O–H groups in total. The fraction of sp³-hybridized carbons (Fsp3) is 0.533. The molecule has 0 heterocycles. The summed E-state index contributed by atoms with van der Waals surface area (Å²) in [6.45, 7) is 2.40. The highest BCUT2D eigenvalue weighted by molar-refractivity contribution is 5.84. The van der Waals surface area contributed by atoms with Gasteiger partial charge in [-0.1, -0.05) is 12.1 Å². The molecule has 1 aromatic rings. The Labute approximate surface area is 120 Å². The van der Waals surface area contributed by atoms with Crippen LogP contribution in [0.15, 0.2) is 24.3 Å². The van der Waals surface area contributed by atoms with E-state index in [4.69, 9.17) is 15.2 Å². The van der Waals surface area contributed by atoms with Crippen LogP contribution in [0.25, 0.3) is 0 Å². The first-order valence-corrected chi connectivity index (χ1v) is 6.78. The average molecular weight is 280 g/mol. The lowest BCUT2D eigenvalue weighted by Gasteiger charge is -2.25. The highest BCUT2D eigenvalue weighted by Crippen LogP contribution is 2.26. The van der Waals surface area contributed by atoms with Gasteiger partial charge in [0.1, 0.15) is 0 Å². The minimum atomic E-state index is -0.648. The summed E-state index contributed by atoms with van der Waals surface area (Å²) in [7, 11) is 3.36. The molecule has 1 unspecified atom stereocenters. The summed E-state index contributed by atoms with van der Waals surface area (Å²) in [6.07, 6.45) is 2.39. The van der Waals surface area contributed by atoms with Crippen LogP contribution in [-0.2, 0) is 4.79 Å². The van der Waals surface area contributed by atoms with Gasteiger partial charge in [0.2, 0.25) is 5.91 Å². The van der Waals surface area contributed by atoms with Crippen LogP contribution in [-0.4, -0.2) is 32.2 Å². The number of para-hydroxylation sites is 2. The molecule has 0 spiro atoms. The van der Waals surface area contributed by atoms with E-state index in [0.717, 1.165) is 24.3 Å². The first kappa shape index (κ1) is 16.3. The minimum Gasteiger partial charge on any atom is -0.493 e. The molecule has 112 valence electrons. The van der Waals surface area contributed by atoms with E-state index >= 15 is 0 Å². The molecule has 1 amide bonds. The number of carbonyl (C=O) groups excluding carboxylic acids is 1. The summed E-state index contributed by atoms with van der Waals surface area (Å²) >= 11 is 0. The monoisotopic (exact) mass is 280 g/mol. The molecule has 0 aliphatic heterocycles. The van der Waals surface area contributed by atoms with Gasteiger partial charge in [-0.25, -0.2) is 0 Å². The van der Waals surface area contributed by atoms with Crippen LogP contribution in [0.3, 0.4) is 0 Å². The Morgan fingerprint density at radius 1 is 1.30 bits per heavy atom. The third-order valence-electron chi connectivity index (χ3n) is 3.49. The summed E-state index contributed by atoms with van der Waals surface area (Å²) < 4.78 is 10.9. The van der Waals surface area contributed by atoms with Gasteiger partial charge in [-0.05, 0) is 45.4 Å². The van der Waals surface area contributed by atoms with Gasteiger partial charge in [-0.2, -0.15) is 0 Å². The molecule has 0 aromatic heterocycles. The molecule has 5 heteroatoms. The number of nitrogens with two attached hydrogens (primary N) is 1. The number of carbonyl (C=O) groups is 1. The molecular formula is C15H24N2O3. The molecule has 0 bridgehead atoms. The molecule has 1 aromatic carbocycles. The average Bonchev–Trinajstić information content (AvgIpc) is 2.46. The number of primary amides is 1. The zero-order valence-electron chi connectivity index (χ0n) is 12.4. The van der Waals surface area contributed by atoms with Crippen LogP contribution in [0.5, 0.6) is 11.5 Å². The highest BCUT2D eigenvalue weighted by Gasteiger charge is 2.27. The maximum absolute atomic E-state index is 11.3. The Morgan fingerprint density at radius 2 is 1.95 bits per heavy atom. The predicted octanol–water partition coefficient (Wildman–Crippen LogP) is 1.71. The second kappa shape index (κ2) is 7.75. The van der Waals surface area contributed by atoms with E-state index in [-0.39, 0.29) is 5.91 Å². The van der Waals surface area contributed by atoms with Gasteiger partial charge in [-0.3, -0.25) is 4.79 Å². The second-order valence-corrected chi connectivity index (χ2v) is 4.90. The topological polar surface area (TPSA) is 73.6 Å². The number of amides is 1. The number of hydrogen-bond acceptors (Lipinski definition) is 4. The summed E-state index contributed by atoms with van der Waals surface area (Å²) in [5.41, 5.74) is 4.73. The molecule has 1 atom stereocenters. The molecule has 20 heavy (non-hydrogen) atoms.